The van der Waals surface area contributed by atoms with E-state index in [1.807, 2.05) is 14.0 Å². The molecule has 0 aliphatic carbocycles. The summed E-state index contributed by atoms with van der Waals surface area (Å²) in [5.41, 5.74) is 0. The van der Waals surface area contributed by atoms with Crippen molar-refractivity contribution in [1.82, 2.24) is 10.2 Å². The average molecular weight is 230 g/mol. The Bertz CT molecular complexity index is 217. The molecule has 1 saturated heterocycles. The molecule has 0 aromatic carbocycles. The van der Waals surface area contributed by atoms with Gasteiger partial charge in [-0.05, 0) is 6.92 Å². The second kappa shape index (κ2) is 6.83. The highest BCUT2D eigenvalue weighted by molar-refractivity contribution is 5.76. The van der Waals surface area contributed by atoms with Crippen molar-refractivity contribution in [3.63, 3.8) is 0 Å². The summed E-state index contributed by atoms with van der Waals surface area (Å²) >= 11 is 0. The van der Waals surface area contributed by atoms with Gasteiger partial charge >= 0.3 is 0 Å². The smallest absolute Gasteiger partial charge is 0.225 e. The van der Waals surface area contributed by atoms with E-state index in [0.717, 1.165) is 13.1 Å². The van der Waals surface area contributed by atoms with Crippen molar-refractivity contribution in [1.29, 1.82) is 0 Å². The van der Waals surface area contributed by atoms with E-state index < -0.39 is 0 Å². The van der Waals surface area contributed by atoms with E-state index in [2.05, 4.69) is 5.32 Å². The Balaban J connectivity index is 2.32. The van der Waals surface area contributed by atoms with Crippen LogP contribution in [-0.4, -0.2) is 63.4 Å². The van der Waals surface area contributed by atoms with Crippen molar-refractivity contribution in [3.8, 4) is 0 Å². The molecule has 5 nitrogen and oxygen atoms in total. The molecule has 1 fully saturated rings. The van der Waals surface area contributed by atoms with Crippen molar-refractivity contribution in [2.24, 2.45) is 0 Å². The zero-order valence-electron chi connectivity index (χ0n) is 10.4. The summed E-state index contributed by atoms with van der Waals surface area (Å²) in [6, 6.07) is 0.106. The van der Waals surface area contributed by atoms with E-state index in [9.17, 15) is 4.79 Å². The Hall–Kier alpha value is -0.650. The number of hydrogen-bond acceptors (Lipinski definition) is 4. The number of methoxy groups -OCH3 is 1. The normalized spacial score (nSPS) is 22.8. The number of hydrogen-bond donors (Lipinski definition) is 1. The first-order valence-corrected chi connectivity index (χ1v) is 5.72. The van der Waals surface area contributed by atoms with Gasteiger partial charge in [0.15, 0.2) is 0 Å². The Morgan fingerprint density at radius 2 is 2.44 bits per heavy atom. The van der Waals surface area contributed by atoms with Gasteiger partial charge in [-0.1, -0.05) is 0 Å². The van der Waals surface area contributed by atoms with E-state index in [4.69, 9.17) is 9.47 Å². The summed E-state index contributed by atoms with van der Waals surface area (Å²) in [6.45, 7) is 4.86. The van der Waals surface area contributed by atoms with Crippen LogP contribution in [0.3, 0.4) is 0 Å². The van der Waals surface area contributed by atoms with Gasteiger partial charge in [0.25, 0.3) is 0 Å². The van der Waals surface area contributed by atoms with Crippen molar-refractivity contribution in [3.05, 3.63) is 0 Å². The molecule has 1 aliphatic heterocycles. The molecule has 5 heteroatoms. The van der Waals surface area contributed by atoms with Gasteiger partial charge in [-0.15, -0.1) is 0 Å². The molecule has 2 unspecified atom stereocenters. The minimum Gasteiger partial charge on any atom is -0.383 e. The molecular weight excluding hydrogens is 208 g/mol. The van der Waals surface area contributed by atoms with Crippen molar-refractivity contribution >= 4 is 5.91 Å². The first kappa shape index (κ1) is 13.4. The van der Waals surface area contributed by atoms with Gasteiger partial charge in [0.2, 0.25) is 5.91 Å². The lowest BCUT2D eigenvalue weighted by atomic mass is 10.2. The fourth-order valence-electron chi connectivity index (χ4n) is 1.69. The number of likely N-dealkylation sites (N-methyl/N-ethyl adjacent to an activating group) is 1. The van der Waals surface area contributed by atoms with E-state index in [0.29, 0.717) is 19.6 Å². The van der Waals surface area contributed by atoms with Crippen LogP contribution in [0, 0.1) is 0 Å². The lowest BCUT2D eigenvalue weighted by molar-refractivity contribution is -0.136. The van der Waals surface area contributed by atoms with Crippen LogP contribution in [0.15, 0.2) is 0 Å². The molecular formula is C11H22N2O3. The molecule has 94 valence electrons. The summed E-state index contributed by atoms with van der Waals surface area (Å²) in [5, 5.41) is 3.21. The third kappa shape index (κ3) is 4.08. The molecule has 0 bridgehead atoms. The summed E-state index contributed by atoms with van der Waals surface area (Å²) in [7, 11) is 3.45. The topological polar surface area (TPSA) is 50.8 Å². The lowest BCUT2D eigenvalue weighted by Gasteiger charge is -2.28. The standard InChI is InChI=1S/C11H22N2O3/c1-9(8-15-3)13(2)11(14)6-10-7-12-4-5-16-10/h9-10,12H,4-8H2,1-3H3. The summed E-state index contributed by atoms with van der Waals surface area (Å²) in [6.07, 6.45) is 0.454. The van der Waals surface area contributed by atoms with Crippen LogP contribution in [0.5, 0.6) is 0 Å². The van der Waals surface area contributed by atoms with Crippen LogP contribution in [0.2, 0.25) is 0 Å². The number of rotatable bonds is 5. The van der Waals surface area contributed by atoms with Gasteiger partial charge in [-0.25, -0.2) is 0 Å². The molecule has 0 spiro atoms. The maximum absolute atomic E-state index is 11.9. The molecule has 2 atom stereocenters. The van der Waals surface area contributed by atoms with Gasteiger partial charge < -0.3 is 19.7 Å². The van der Waals surface area contributed by atoms with E-state index in [1.165, 1.54) is 0 Å². The van der Waals surface area contributed by atoms with Crippen LogP contribution in [0.25, 0.3) is 0 Å². The Morgan fingerprint density at radius 1 is 1.69 bits per heavy atom. The van der Waals surface area contributed by atoms with Gasteiger partial charge in [0.1, 0.15) is 0 Å². The molecule has 16 heavy (non-hydrogen) atoms. The molecule has 1 heterocycles. The van der Waals surface area contributed by atoms with Crippen LogP contribution in [-0.2, 0) is 14.3 Å². The molecule has 0 aromatic heterocycles. The summed E-state index contributed by atoms with van der Waals surface area (Å²) in [4.78, 5) is 13.6. The van der Waals surface area contributed by atoms with Crippen LogP contribution >= 0.6 is 0 Å². The van der Waals surface area contributed by atoms with Gasteiger partial charge in [-0.2, -0.15) is 0 Å². The van der Waals surface area contributed by atoms with Gasteiger partial charge in [-0.3, -0.25) is 4.79 Å². The highest BCUT2D eigenvalue weighted by atomic mass is 16.5. The quantitative estimate of drug-likeness (QED) is 0.714. The predicted octanol–water partition coefficient (Wildman–Crippen LogP) is -0.142. The maximum atomic E-state index is 11.9. The molecule has 1 amide bonds. The van der Waals surface area contributed by atoms with Crippen molar-refractivity contribution < 1.29 is 14.3 Å². The van der Waals surface area contributed by atoms with E-state index in [1.54, 1.807) is 12.0 Å². The molecule has 1 rings (SSSR count). The van der Waals surface area contributed by atoms with E-state index >= 15 is 0 Å². The van der Waals surface area contributed by atoms with Crippen LogP contribution in [0.1, 0.15) is 13.3 Å². The number of morpholine rings is 1. The largest absolute Gasteiger partial charge is 0.383 e. The minimum atomic E-state index is 0.0124. The van der Waals surface area contributed by atoms with Crippen LogP contribution < -0.4 is 5.32 Å². The highest BCUT2D eigenvalue weighted by Crippen LogP contribution is 2.06. The molecule has 0 radical (unpaired) electrons. The predicted molar refractivity (Wildman–Crippen MR) is 61.3 cm³/mol. The van der Waals surface area contributed by atoms with Gasteiger partial charge in [0.05, 0.1) is 31.8 Å². The second-order valence-electron chi connectivity index (χ2n) is 4.21. The molecule has 0 saturated carbocycles. The number of ether oxygens (including phenoxy) is 2. The number of carbonyl (C=O) groups excluding carboxylic acids is 1. The molecule has 0 aromatic rings. The number of nitrogens with one attached hydrogen (secondary N) is 1. The summed E-state index contributed by atoms with van der Waals surface area (Å²) < 4.78 is 10.5. The molecule has 1 N–H and O–H groups in total. The monoisotopic (exact) mass is 230 g/mol. The Kier molecular flexibility index (Phi) is 5.73. The first-order valence-electron chi connectivity index (χ1n) is 5.72. The SMILES string of the molecule is COCC(C)N(C)C(=O)CC1CNCCO1. The fourth-order valence-corrected chi connectivity index (χ4v) is 1.69. The molecule has 1 aliphatic rings. The van der Waals surface area contributed by atoms with E-state index in [-0.39, 0.29) is 18.1 Å². The minimum absolute atomic E-state index is 0.0124. The fraction of sp³-hybridized carbons (Fsp3) is 0.909. The Labute approximate surface area is 97.1 Å². The van der Waals surface area contributed by atoms with Crippen molar-refractivity contribution in [2.75, 3.05) is 40.5 Å². The zero-order valence-corrected chi connectivity index (χ0v) is 10.4. The van der Waals surface area contributed by atoms with Crippen LogP contribution in [0.4, 0.5) is 0 Å². The lowest BCUT2D eigenvalue weighted by Crippen LogP contribution is -2.44. The third-order valence-electron chi connectivity index (χ3n) is 2.87. The number of amides is 1. The van der Waals surface area contributed by atoms with Crippen molar-refractivity contribution in [2.45, 2.75) is 25.5 Å². The average Bonchev–Trinajstić information content (AvgIpc) is 2.29. The summed E-state index contributed by atoms with van der Waals surface area (Å²) in [5.74, 6) is 0.109. The first-order chi connectivity index (χ1) is 7.65. The third-order valence-corrected chi connectivity index (χ3v) is 2.87. The number of carbonyl (C=O) groups is 1. The zero-order chi connectivity index (χ0) is 12.0. The highest BCUT2D eigenvalue weighted by Gasteiger charge is 2.22. The maximum Gasteiger partial charge on any atom is 0.225 e. The number of nitrogens with zero attached hydrogens (tertiary/aromatic N) is 1. The van der Waals surface area contributed by atoms with Gasteiger partial charge in [0, 0.05) is 27.2 Å². The Morgan fingerprint density at radius 3 is 3.00 bits per heavy atom. The second-order valence-corrected chi connectivity index (χ2v) is 4.21.